The number of carbonyl (C=O) groups is 2. The molecule has 0 saturated carbocycles. The van der Waals surface area contributed by atoms with Gasteiger partial charge in [0.15, 0.2) is 0 Å². The molecular weight excluding hydrogens is 604 g/mol. The Kier molecular flexibility index (Phi) is 15.2. The van der Waals surface area contributed by atoms with E-state index >= 15 is 0 Å². The molecule has 0 radical (unpaired) electrons. The van der Waals surface area contributed by atoms with Gasteiger partial charge in [0.05, 0.1) is 84.5 Å². The Hall–Kier alpha value is -3.78. The maximum atomic E-state index is 12.3. The van der Waals surface area contributed by atoms with Crippen molar-refractivity contribution in [1.29, 1.82) is 0 Å². The van der Waals surface area contributed by atoms with Gasteiger partial charge in [-0.05, 0) is 36.8 Å². The second kappa shape index (κ2) is 19.8. The number of hydrogen-bond donors (Lipinski definition) is 0. The van der Waals surface area contributed by atoms with E-state index in [0.717, 1.165) is 22.5 Å². The molecule has 12 heteroatoms. The van der Waals surface area contributed by atoms with Crippen LogP contribution in [0.5, 0.6) is 0 Å². The minimum absolute atomic E-state index is 0.237. The molecule has 1 unspecified atom stereocenters. The summed E-state index contributed by atoms with van der Waals surface area (Å²) in [7, 11) is 2.70. The molecule has 2 aromatic heterocycles. The molecule has 1 aliphatic rings. The van der Waals surface area contributed by atoms with Gasteiger partial charge in [-0.15, -0.1) is 0 Å². The Morgan fingerprint density at radius 2 is 1.19 bits per heavy atom. The molecule has 0 amide bonds. The van der Waals surface area contributed by atoms with Crippen LogP contribution in [0.2, 0.25) is 0 Å². The number of nitrogens with zero attached hydrogens (tertiary/aromatic N) is 4. The first-order valence-electron chi connectivity index (χ1n) is 15.9. The number of carbonyl (C=O) groups excluding carboxylic acids is 2. The smallest absolute Gasteiger partial charge is 0.356 e. The fourth-order valence-corrected chi connectivity index (χ4v) is 5.19. The molecular formula is C35H46N4O8. The highest BCUT2D eigenvalue weighted by Gasteiger charge is 2.25. The van der Waals surface area contributed by atoms with Gasteiger partial charge in [-0.2, -0.15) is 0 Å². The maximum absolute atomic E-state index is 12.3. The third kappa shape index (κ3) is 11.8. The first-order chi connectivity index (χ1) is 23.0. The van der Waals surface area contributed by atoms with Gasteiger partial charge in [-0.25, -0.2) is 19.6 Å². The second-order valence-corrected chi connectivity index (χ2v) is 11.0. The number of aromatic nitrogens is 2. The molecule has 1 saturated heterocycles. The summed E-state index contributed by atoms with van der Waals surface area (Å²) in [5, 5.41) is 0. The Bertz CT molecular complexity index is 1370. The summed E-state index contributed by atoms with van der Waals surface area (Å²) >= 11 is 0. The number of pyridine rings is 2. The molecule has 3 heterocycles. The predicted octanol–water partition coefficient (Wildman–Crippen LogP) is 3.33. The zero-order valence-corrected chi connectivity index (χ0v) is 27.6. The Morgan fingerprint density at radius 1 is 0.681 bits per heavy atom. The van der Waals surface area contributed by atoms with Crippen molar-refractivity contribution in [3.8, 4) is 0 Å². The molecule has 47 heavy (non-hydrogen) atoms. The van der Waals surface area contributed by atoms with Crippen LogP contribution in [-0.4, -0.2) is 125 Å². The summed E-state index contributed by atoms with van der Waals surface area (Å²) in [5.74, 6) is -0.940. The fraction of sp³-hybridized carbons (Fsp3) is 0.486. The summed E-state index contributed by atoms with van der Waals surface area (Å²) in [6, 6.07) is 18.9. The van der Waals surface area contributed by atoms with E-state index in [1.165, 1.54) is 14.2 Å². The van der Waals surface area contributed by atoms with E-state index in [1.54, 1.807) is 18.2 Å². The Labute approximate surface area is 276 Å². The lowest BCUT2D eigenvalue weighted by atomic mass is 9.99. The molecule has 0 bridgehead atoms. The number of ether oxygens (including phenoxy) is 6. The van der Waals surface area contributed by atoms with Gasteiger partial charge in [0.25, 0.3) is 0 Å². The van der Waals surface area contributed by atoms with Gasteiger partial charge < -0.3 is 28.4 Å². The van der Waals surface area contributed by atoms with Crippen LogP contribution in [0.4, 0.5) is 0 Å². The summed E-state index contributed by atoms with van der Waals surface area (Å²) in [6.07, 6.45) is 0. The molecule has 1 aliphatic heterocycles. The molecule has 4 rings (SSSR count). The molecule has 3 aromatic rings. The van der Waals surface area contributed by atoms with Crippen LogP contribution in [0.1, 0.15) is 49.5 Å². The first-order valence-corrected chi connectivity index (χ1v) is 15.9. The SMILES string of the molecule is COC(=O)c1cccc(CN2CCOCCOCCN(C(c3ccc(C)cc3)c3cccc(C(=O)OC)n3)CCOCCOCC2)n1. The molecule has 1 atom stereocenters. The minimum Gasteiger partial charge on any atom is -0.464 e. The van der Waals surface area contributed by atoms with Crippen molar-refractivity contribution in [2.45, 2.75) is 19.5 Å². The van der Waals surface area contributed by atoms with Crippen LogP contribution in [0.3, 0.4) is 0 Å². The van der Waals surface area contributed by atoms with Crippen LogP contribution in [-0.2, 0) is 35.0 Å². The van der Waals surface area contributed by atoms with E-state index in [1.807, 2.05) is 18.2 Å². The van der Waals surface area contributed by atoms with Gasteiger partial charge in [0.2, 0.25) is 0 Å². The van der Waals surface area contributed by atoms with Crippen LogP contribution in [0.15, 0.2) is 60.7 Å². The maximum Gasteiger partial charge on any atom is 0.356 e. The van der Waals surface area contributed by atoms with Crippen molar-refractivity contribution in [2.24, 2.45) is 0 Å². The van der Waals surface area contributed by atoms with Crippen molar-refractivity contribution < 1.29 is 38.0 Å². The summed E-state index contributed by atoms with van der Waals surface area (Å²) in [6.45, 7) is 8.88. The Balaban J connectivity index is 1.40. The van der Waals surface area contributed by atoms with E-state index < -0.39 is 11.9 Å². The van der Waals surface area contributed by atoms with Crippen LogP contribution < -0.4 is 0 Å². The van der Waals surface area contributed by atoms with Crippen molar-refractivity contribution in [3.05, 3.63) is 94.6 Å². The zero-order valence-electron chi connectivity index (χ0n) is 27.6. The number of benzene rings is 1. The van der Waals surface area contributed by atoms with E-state index in [4.69, 9.17) is 33.4 Å². The standard InChI is InChI=1S/C35H46N4O8/c1-27-10-12-28(13-11-27)33(30-7-5-9-32(37-30)35(41)43-3)39-16-20-46-24-22-44-18-14-38(15-19-45-23-25-47-21-17-39)26-29-6-4-8-31(36-29)34(40)42-2/h4-13,33H,14-26H2,1-3H3. The fourth-order valence-electron chi connectivity index (χ4n) is 5.19. The van der Waals surface area contributed by atoms with E-state index in [-0.39, 0.29) is 17.4 Å². The highest BCUT2D eigenvalue weighted by Crippen LogP contribution is 2.28. The lowest BCUT2D eigenvalue weighted by Crippen LogP contribution is -2.36. The highest BCUT2D eigenvalue weighted by atomic mass is 16.5. The van der Waals surface area contributed by atoms with Gasteiger partial charge >= 0.3 is 11.9 Å². The lowest BCUT2D eigenvalue weighted by molar-refractivity contribution is 0.00330. The van der Waals surface area contributed by atoms with E-state index in [9.17, 15) is 9.59 Å². The van der Waals surface area contributed by atoms with Crippen LogP contribution in [0.25, 0.3) is 0 Å². The summed E-state index contributed by atoms with van der Waals surface area (Å²) in [4.78, 5) is 37.8. The third-order valence-corrected chi connectivity index (χ3v) is 7.68. The largest absolute Gasteiger partial charge is 0.464 e. The molecule has 0 N–H and O–H groups in total. The number of esters is 2. The quantitative estimate of drug-likeness (QED) is 0.349. The second-order valence-electron chi connectivity index (χ2n) is 11.0. The molecule has 12 nitrogen and oxygen atoms in total. The van der Waals surface area contributed by atoms with E-state index in [0.29, 0.717) is 85.6 Å². The average molecular weight is 651 g/mol. The van der Waals surface area contributed by atoms with Gasteiger partial charge in [-0.1, -0.05) is 42.0 Å². The molecule has 1 aromatic carbocycles. The van der Waals surface area contributed by atoms with Crippen molar-refractivity contribution >= 4 is 11.9 Å². The van der Waals surface area contributed by atoms with Crippen LogP contribution in [0, 0.1) is 6.92 Å². The molecule has 254 valence electrons. The van der Waals surface area contributed by atoms with Crippen molar-refractivity contribution in [1.82, 2.24) is 19.8 Å². The van der Waals surface area contributed by atoms with Crippen molar-refractivity contribution in [3.63, 3.8) is 0 Å². The predicted molar refractivity (Wildman–Crippen MR) is 174 cm³/mol. The molecule has 0 spiro atoms. The highest BCUT2D eigenvalue weighted by molar-refractivity contribution is 5.87. The average Bonchev–Trinajstić information content (AvgIpc) is 3.10. The topological polar surface area (TPSA) is 122 Å². The third-order valence-electron chi connectivity index (χ3n) is 7.68. The Morgan fingerprint density at radius 3 is 1.74 bits per heavy atom. The number of aryl methyl sites for hydroxylation is 1. The summed E-state index contributed by atoms with van der Waals surface area (Å²) < 4.78 is 33.6. The number of methoxy groups -OCH3 is 2. The normalized spacial score (nSPS) is 17.6. The van der Waals surface area contributed by atoms with Gasteiger partial charge in [0.1, 0.15) is 11.4 Å². The zero-order chi connectivity index (χ0) is 33.3. The first kappa shape index (κ1) is 36.1. The van der Waals surface area contributed by atoms with Gasteiger partial charge in [0, 0.05) is 32.7 Å². The molecule has 1 fully saturated rings. The summed E-state index contributed by atoms with van der Waals surface area (Å²) in [5.41, 5.74) is 4.25. The minimum atomic E-state index is -0.478. The van der Waals surface area contributed by atoms with Crippen LogP contribution >= 0.6 is 0 Å². The monoisotopic (exact) mass is 650 g/mol. The lowest BCUT2D eigenvalue weighted by Gasteiger charge is -2.32. The molecule has 0 aliphatic carbocycles. The van der Waals surface area contributed by atoms with Crippen molar-refractivity contribution in [2.75, 3.05) is 93.3 Å². The number of hydrogen-bond acceptors (Lipinski definition) is 12. The van der Waals surface area contributed by atoms with Gasteiger partial charge in [-0.3, -0.25) is 9.80 Å². The number of rotatable bonds is 7. The van der Waals surface area contributed by atoms with E-state index in [2.05, 4.69) is 46.0 Å².